The molecule has 0 unspecified atom stereocenters. The fraction of sp³-hybridized carbons (Fsp3) is 0.400. The van der Waals surface area contributed by atoms with E-state index in [0.29, 0.717) is 18.9 Å². The lowest BCUT2D eigenvalue weighted by Gasteiger charge is -2.33. The van der Waals surface area contributed by atoms with Crippen LogP contribution in [0.5, 0.6) is 5.75 Å². The first-order valence-electron chi connectivity index (χ1n) is 9.11. The van der Waals surface area contributed by atoms with Gasteiger partial charge in [-0.05, 0) is 42.8 Å². The Morgan fingerprint density at radius 2 is 1.89 bits per heavy atom. The van der Waals surface area contributed by atoms with Gasteiger partial charge in [-0.3, -0.25) is 4.90 Å². The largest absolute Gasteiger partial charge is 0.497 e. The average Bonchev–Trinajstić information content (AvgIpc) is 2.72. The van der Waals surface area contributed by atoms with Gasteiger partial charge in [0.2, 0.25) is 10.0 Å². The van der Waals surface area contributed by atoms with Crippen molar-refractivity contribution in [2.24, 2.45) is 0 Å². The molecule has 0 aromatic heterocycles. The number of hydrogen-bond donors (Lipinski definition) is 1. The Kier molecular flexibility index (Phi) is 6.84. The van der Waals surface area contributed by atoms with Gasteiger partial charge in [-0.1, -0.05) is 30.3 Å². The second kappa shape index (κ2) is 9.32. The zero-order valence-corrected chi connectivity index (χ0v) is 16.3. The maximum absolute atomic E-state index is 12.3. The third kappa shape index (κ3) is 5.52. The van der Waals surface area contributed by atoms with Crippen LogP contribution in [0.4, 0.5) is 0 Å². The number of ether oxygens (including phenoxy) is 2. The number of rotatable bonds is 8. The fourth-order valence-electron chi connectivity index (χ4n) is 3.12. The zero-order valence-electron chi connectivity index (χ0n) is 15.5. The molecule has 1 heterocycles. The van der Waals surface area contributed by atoms with E-state index in [1.54, 1.807) is 31.4 Å². The first-order valence-corrected chi connectivity index (χ1v) is 10.6. The number of hydrogen-bond acceptors (Lipinski definition) is 5. The molecule has 0 spiro atoms. The van der Waals surface area contributed by atoms with Crippen molar-refractivity contribution in [3.8, 4) is 5.75 Å². The van der Waals surface area contributed by atoms with Gasteiger partial charge in [-0.25, -0.2) is 13.1 Å². The summed E-state index contributed by atoms with van der Waals surface area (Å²) in [5, 5.41) is 0. The molecule has 2 aromatic carbocycles. The van der Waals surface area contributed by atoms with E-state index in [9.17, 15) is 8.42 Å². The van der Waals surface area contributed by atoms with Gasteiger partial charge in [-0.2, -0.15) is 0 Å². The molecule has 1 aliphatic heterocycles. The summed E-state index contributed by atoms with van der Waals surface area (Å²) >= 11 is 0. The van der Waals surface area contributed by atoms with Crippen LogP contribution in [0.2, 0.25) is 0 Å². The first-order chi connectivity index (χ1) is 13.1. The van der Waals surface area contributed by atoms with E-state index in [0.717, 1.165) is 26.1 Å². The van der Waals surface area contributed by atoms with Crippen LogP contribution in [-0.4, -0.2) is 53.2 Å². The van der Waals surface area contributed by atoms with Crippen LogP contribution in [0.1, 0.15) is 18.1 Å². The highest BCUT2D eigenvalue weighted by atomic mass is 32.2. The van der Waals surface area contributed by atoms with Crippen molar-refractivity contribution in [1.29, 1.82) is 0 Å². The minimum atomic E-state index is -3.49. The zero-order chi connectivity index (χ0) is 19.1. The van der Waals surface area contributed by atoms with Crippen molar-refractivity contribution < 1.29 is 17.9 Å². The molecular weight excluding hydrogens is 364 g/mol. The Morgan fingerprint density at radius 3 is 2.59 bits per heavy atom. The molecule has 1 fully saturated rings. The summed E-state index contributed by atoms with van der Waals surface area (Å²) in [7, 11) is -1.94. The summed E-state index contributed by atoms with van der Waals surface area (Å²) in [5.41, 5.74) is 1.18. The fourth-order valence-corrected chi connectivity index (χ4v) is 4.20. The number of benzene rings is 2. The Labute approximate surface area is 161 Å². The summed E-state index contributed by atoms with van der Waals surface area (Å²) in [5.74, 6) is 0.634. The Bertz CT molecular complexity index is 810. The predicted octanol–water partition coefficient (Wildman–Crippen LogP) is 2.44. The molecule has 0 aliphatic carbocycles. The number of morpholine rings is 1. The quantitative estimate of drug-likeness (QED) is 0.701. The number of nitrogens with one attached hydrogen (secondary N) is 1. The van der Waals surface area contributed by atoms with Gasteiger partial charge < -0.3 is 9.47 Å². The molecule has 2 aromatic rings. The third-order valence-corrected chi connectivity index (χ3v) is 6.11. The van der Waals surface area contributed by atoms with Crippen LogP contribution in [0.25, 0.3) is 0 Å². The second-order valence-electron chi connectivity index (χ2n) is 6.50. The van der Waals surface area contributed by atoms with E-state index in [1.807, 2.05) is 18.2 Å². The Morgan fingerprint density at radius 1 is 1.15 bits per heavy atom. The lowest BCUT2D eigenvalue weighted by atomic mass is 10.1. The van der Waals surface area contributed by atoms with Crippen LogP contribution in [0.3, 0.4) is 0 Å². The molecule has 146 valence electrons. The summed E-state index contributed by atoms with van der Waals surface area (Å²) in [4.78, 5) is 2.57. The summed E-state index contributed by atoms with van der Waals surface area (Å²) in [6, 6.07) is 16.6. The molecule has 0 amide bonds. The van der Waals surface area contributed by atoms with Gasteiger partial charge in [0.05, 0.1) is 24.7 Å². The van der Waals surface area contributed by atoms with Gasteiger partial charge in [0.15, 0.2) is 0 Å². The maximum Gasteiger partial charge on any atom is 0.240 e. The van der Waals surface area contributed by atoms with Crippen molar-refractivity contribution in [2.75, 3.05) is 39.9 Å². The topological polar surface area (TPSA) is 67.9 Å². The number of methoxy groups -OCH3 is 1. The van der Waals surface area contributed by atoms with Gasteiger partial charge >= 0.3 is 0 Å². The SMILES string of the molecule is COc1ccc(S(=O)(=O)NCCCN2CCO[C@H](c3ccccc3)C2)cc1. The molecular formula is C20H26N2O4S. The second-order valence-corrected chi connectivity index (χ2v) is 8.26. The van der Waals surface area contributed by atoms with Crippen LogP contribution in [-0.2, 0) is 14.8 Å². The molecule has 6 nitrogen and oxygen atoms in total. The van der Waals surface area contributed by atoms with Crippen molar-refractivity contribution in [2.45, 2.75) is 17.4 Å². The summed E-state index contributed by atoms with van der Waals surface area (Å²) in [6.07, 6.45) is 0.826. The normalized spacial score (nSPS) is 18.3. The molecule has 27 heavy (non-hydrogen) atoms. The van der Waals surface area contributed by atoms with Crippen molar-refractivity contribution in [1.82, 2.24) is 9.62 Å². The molecule has 0 radical (unpaired) electrons. The molecule has 1 saturated heterocycles. The lowest BCUT2D eigenvalue weighted by molar-refractivity contribution is -0.0300. The van der Waals surface area contributed by atoms with Crippen LogP contribution in [0.15, 0.2) is 59.5 Å². The molecule has 1 N–H and O–H groups in total. The van der Waals surface area contributed by atoms with Crippen molar-refractivity contribution >= 4 is 10.0 Å². The Hall–Kier alpha value is -1.93. The van der Waals surface area contributed by atoms with Crippen LogP contribution >= 0.6 is 0 Å². The molecule has 0 bridgehead atoms. The minimum absolute atomic E-state index is 0.0796. The first kappa shape index (κ1) is 19.8. The Balaban J connectivity index is 1.45. The average molecular weight is 391 g/mol. The molecule has 7 heteroatoms. The summed E-state index contributed by atoms with van der Waals surface area (Å²) < 4.78 is 38.3. The molecule has 1 atom stereocenters. The van der Waals surface area contributed by atoms with E-state index < -0.39 is 10.0 Å². The number of sulfonamides is 1. The van der Waals surface area contributed by atoms with E-state index in [2.05, 4.69) is 21.8 Å². The van der Waals surface area contributed by atoms with E-state index in [4.69, 9.17) is 9.47 Å². The van der Waals surface area contributed by atoms with Gasteiger partial charge in [-0.15, -0.1) is 0 Å². The molecule has 0 saturated carbocycles. The predicted molar refractivity (Wildman–Crippen MR) is 104 cm³/mol. The summed E-state index contributed by atoms with van der Waals surface area (Å²) in [6.45, 7) is 3.63. The standard InChI is InChI=1S/C20H26N2O4S/c1-25-18-8-10-19(11-9-18)27(23,24)21-12-5-13-22-14-15-26-20(16-22)17-6-3-2-4-7-17/h2-4,6-11,20-21H,5,12-16H2,1H3/t20-/m0/s1. The monoisotopic (exact) mass is 390 g/mol. The molecule has 3 rings (SSSR count). The van der Waals surface area contributed by atoms with Crippen LogP contribution < -0.4 is 9.46 Å². The highest BCUT2D eigenvalue weighted by molar-refractivity contribution is 7.89. The van der Waals surface area contributed by atoms with Crippen molar-refractivity contribution in [3.05, 3.63) is 60.2 Å². The van der Waals surface area contributed by atoms with Crippen LogP contribution in [0, 0.1) is 0 Å². The smallest absolute Gasteiger partial charge is 0.240 e. The van der Waals surface area contributed by atoms with Gasteiger partial charge in [0.1, 0.15) is 5.75 Å². The third-order valence-electron chi connectivity index (χ3n) is 4.63. The van der Waals surface area contributed by atoms with Gasteiger partial charge in [0.25, 0.3) is 0 Å². The highest BCUT2D eigenvalue weighted by Crippen LogP contribution is 2.22. The van der Waals surface area contributed by atoms with Gasteiger partial charge in [0, 0.05) is 19.6 Å². The number of nitrogens with zero attached hydrogens (tertiary/aromatic N) is 1. The molecule has 1 aliphatic rings. The van der Waals surface area contributed by atoms with E-state index in [-0.39, 0.29) is 11.0 Å². The van der Waals surface area contributed by atoms with E-state index >= 15 is 0 Å². The highest BCUT2D eigenvalue weighted by Gasteiger charge is 2.21. The van der Waals surface area contributed by atoms with Crippen molar-refractivity contribution in [3.63, 3.8) is 0 Å². The minimum Gasteiger partial charge on any atom is -0.497 e. The lowest BCUT2D eigenvalue weighted by Crippen LogP contribution is -2.39. The van der Waals surface area contributed by atoms with E-state index in [1.165, 1.54) is 5.56 Å². The maximum atomic E-state index is 12.3.